The van der Waals surface area contributed by atoms with E-state index in [2.05, 4.69) is 40.5 Å². The number of fused-ring (bicyclic) bond motifs is 1. The smallest absolute Gasteiger partial charge is 0.226 e. The van der Waals surface area contributed by atoms with Crippen molar-refractivity contribution < 1.29 is 5.11 Å². The molecule has 1 aliphatic rings. The number of thiophene rings is 1. The molecule has 0 saturated carbocycles. The molecule has 1 fully saturated rings. The predicted molar refractivity (Wildman–Crippen MR) is 88.2 cm³/mol. The molecule has 0 aliphatic carbocycles. The van der Waals surface area contributed by atoms with Gasteiger partial charge < -0.3 is 15.3 Å². The Hall–Kier alpha value is -1.40. The molecular formula is C15H22N4OS. The molecule has 2 aromatic rings. The predicted octanol–water partition coefficient (Wildman–Crippen LogP) is 2.72. The van der Waals surface area contributed by atoms with E-state index < -0.39 is 0 Å². The molecule has 2 N–H and O–H groups in total. The lowest BCUT2D eigenvalue weighted by Crippen LogP contribution is -2.42. The van der Waals surface area contributed by atoms with E-state index in [-0.39, 0.29) is 12.0 Å². The van der Waals surface area contributed by atoms with E-state index in [4.69, 9.17) is 4.98 Å². The van der Waals surface area contributed by atoms with Crippen LogP contribution in [-0.4, -0.2) is 40.8 Å². The number of piperidine rings is 1. The summed E-state index contributed by atoms with van der Waals surface area (Å²) in [6, 6.07) is 2.09. The zero-order valence-corrected chi connectivity index (χ0v) is 13.4. The number of hydrogen-bond donors (Lipinski definition) is 2. The van der Waals surface area contributed by atoms with Crippen molar-refractivity contribution in [2.24, 2.45) is 5.92 Å². The van der Waals surface area contributed by atoms with Crippen molar-refractivity contribution >= 4 is 33.3 Å². The molecule has 2 unspecified atom stereocenters. The van der Waals surface area contributed by atoms with E-state index in [1.165, 1.54) is 0 Å². The quantitative estimate of drug-likeness (QED) is 0.909. The van der Waals surface area contributed by atoms with Crippen molar-refractivity contribution in [3.05, 3.63) is 11.4 Å². The molecule has 0 radical (unpaired) electrons. The van der Waals surface area contributed by atoms with Crippen molar-refractivity contribution in [2.75, 3.05) is 29.9 Å². The fourth-order valence-corrected chi connectivity index (χ4v) is 3.48. The van der Waals surface area contributed by atoms with E-state index in [9.17, 15) is 5.11 Å². The van der Waals surface area contributed by atoms with Gasteiger partial charge in [-0.1, -0.05) is 13.8 Å². The second kappa shape index (κ2) is 6.15. The highest BCUT2D eigenvalue weighted by atomic mass is 32.1. The zero-order chi connectivity index (χ0) is 14.8. The highest BCUT2D eigenvalue weighted by Crippen LogP contribution is 2.31. The Bertz CT molecular complexity index is 615. The Labute approximate surface area is 129 Å². The Morgan fingerprint density at radius 1 is 1.48 bits per heavy atom. The van der Waals surface area contributed by atoms with E-state index >= 15 is 0 Å². The van der Waals surface area contributed by atoms with E-state index in [1.807, 2.05) is 0 Å². The van der Waals surface area contributed by atoms with Crippen molar-refractivity contribution in [2.45, 2.75) is 32.8 Å². The molecule has 0 amide bonds. The Kier molecular flexibility index (Phi) is 4.26. The summed E-state index contributed by atoms with van der Waals surface area (Å²) in [6.07, 6.45) is 1.65. The first-order chi connectivity index (χ1) is 10.2. The molecule has 1 saturated heterocycles. The zero-order valence-electron chi connectivity index (χ0n) is 12.5. The molecule has 6 heteroatoms. The van der Waals surface area contributed by atoms with Gasteiger partial charge in [-0.2, -0.15) is 4.98 Å². The summed E-state index contributed by atoms with van der Waals surface area (Å²) < 4.78 is 0. The number of aliphatic hydroxyl groups is 1. The second-order valence-corrected chi connectivity index (χ2v) is 6.61. The SMILES string of the molecule is CCCNc1nc(N2CCC(O)C(C)C2)c2ccsc2n1. The summed E-state index contributed by atoms with van der Waals surface area (Å²) in [5.41, 5.74) is 0. The van der Waals surface area contributed by atoms with Gasteiger partial charge in [-0.3, -0.25) is 0 Å². The Morgan fingerprint density at radius 3 is 3.10 bits per heavy atom. The van der Waals surface area contributed by atoms with Crippen LogP contribution in [0.2, 0.25) is 0 Å². The van der Waals surface area contributed by atoms with Crippen LogP contribution in [-0.2, 0) is 0 Å². The molecule has 5 nitrogen and oxygen atoms in total. The van der Waals surface area contributed by atoms with Crippen LogP contribution < -0.4 is 10.2 Å². The van der Waals surface area contributed by atoms with Crippen LogP contribution in [0.1, 0.15) is 26.7 Å². The van der Waals surface area contributed by atoms with Crippen LogP contribution in [0.4, 0.5) is 11.8 Å². The lowest BCUT2D eigenvalue weighted by Gasteiger charge is -2.35. The van der Waals surface area contributed by atoms with Gasteiger partial charge in [-0.25, -0.2) is 4.98 Å². The summed E-state index contributed by atoms with van der Waals surface area (Å²) >= 11 is 1.65. The summed E-state index contributed by atoms with van der Waals surface area (Å²) in [7, 11) is 0. The van der Waals surface area contributed by atoms with Gasteiger partial charge in [0.25, 0.3) is 0 Å². The van der Waals surface area contributed by atoms with Crippen molar-refractivity contribution in [1.82, 2.24) is 9.97 Å². The topological polar surface area (TPSA) is 61.3 Å². The number of aliphatic hydroxyl groups excluding tert-OH is 1. The summed E-state index contributed by atoms with van der Waals surface area (Å²) in [6.45, 7) is 6.80. The lowest BCUT2D eigenvalue weighted by molar-refractivity contribution is 0.0970. The van der Waals surface area contributed by atoms with Gasteiger partial charge in [0.05, 0.1) is 11.5 Å². The standard InChI is InChI=1S/C15H22N4OS/c1-3-6-16-15-17-13(11-5-8-21-14(11)18-15)19-7-4-12(20)10(2)9-19/h5,8,10,12,20H,3-4,6-7,9H2,1-2H3,(H,16,17,18). The van der Waals surface area contributed by atoms with Crippen LogP contribution in [0.5, 0.6) is 0 Å². The van der Waals surface area contributed by atoms with Crippen LogP contribution >= 0.6 is 11.3 Å². The molecule has 1 aliphatic heterocycles. The molecule has 114 valence electrons. The first-order valence-corrected chi connectivity index (χ1v) is 8.49. The van der Waals surface area contributed by atoms with Crippen LogP contribution in [0.3, 0.4) is 0 Å². The third-order valence-electron chi connectivity index (χ3n) is 4.00. The van der Waals surface area contributed by atoms with Crippen LogP contribution in [0, 0.1) is 5.92 Å². The van der Waals surface area contributed by atoms with Gasteiger partial charge >= 0.3 is 0 Å². The van der Waals surface area contributed by atoms with Gasteiger partial charge in [-0.05, 0) is 30.2 Å². The molecule has 2 atom stereocenters. The highest BCUT2D eigenvalue weighted by molar-refractivity contribution is 7.16. The monoisotopic (exact) mass is 306 g/mol. The summed E-state index contributed by atoms with van der Waals surface area (Å²) in [5.74, 6) is 1.98. The number of anilines is 2. The maximum atomic E-state index is 9.92. The molecule has 3 heterocycles. The van der Waals surface area contributed by atoms with Gasteiger partial charge in [0.15, 0.2) is 0 Å². The van der Waals surface area contributed by atoms with Gasteiger partial charge in [0.1, 0.15) is 10.6 Å². The van der Waals surface area contributed by atoms with Crippen LogP contribution in [0.25, 0.3) is 10.2 Å². The third-order valence-corrected chi connectivity index (χ3v) is 4.80. The van der Waals surface area contributed by atoms with E-state index in [0.29, 0.717) is 5.95 Å². The minimum Gasteiger partial charge on any atom is -0.393 e. The first-order valence-electron chi connectivity index (χ1n) is 7.61. The number of rotatable bonds is 4. The van der Waals surface area contributed by atoms with Crippen molar-refractivity contribution in [1.29, 1.82) is 0 Å². The second-order valence-electron chi connectivity index (χ2n) is 5.72. The average molecular weight is 306 g/mol. The highest BCUT2D eigenvalue weighted by Gasteiger charge is 2.26. The summed E-state index contributed by atoms with van der Waals surface area (Å²) in [5, 5.41) is 16.4. The Morgan fingerprint density at radius 2 is 2.33 bits per heavy atom. The van der Waals surface area contributed by atoms with E-state index in [0.717, 1.165) is 48.5 Å². The maximum Gasteiger partial charge on any atom is 0.226 e. The van der Waals surface area contributed by atoms with Crippen molar-refractivity contribution in [3.63, 3.8) is 0 Å². The molecule has 0 spiro atoms. The fourth-order valence-electron chi connectivity index (χ4n) is 2.72. The minimum atomic E-state index is -0.196. The lowest BCUT2D eigenvalue weighted by atomic mass is 9.97. The normalized spacial score (nSPS) is 22.7. The minimum absolute atomic E-state index is 0.196. The van der Waals surface area contributed by atoms with Gasteiger partial charge in [-0.15, -0.1) is 11.3 Å². The first kappa shape index (κ1) is 14.5. The van der Waals surface area contributed by atoms with E-state index in [1.54, 1.807) is 11.3 Å². The number of nitrogens with one attached hydrogen (secondary N) is 1. The molecule has 2 aromatic heterocycles. The van der Waals surface area contributed by atoms with Crippen LogP contribution in [0.15, 0.2) is 11.4 Å². The molecular weight excluding hydrogens is 284 g/mol. The molecule has 3 rings (SSSR count). The maximum absolute atomic E-state index is 9.92. The van der Waals surface area contributed by atoms with Gasteiger partial charge in [0.2, 0.25) is 5.95 Å². The molecule has 21 heavy (non-hydrogen) atoms. The van der Waals surface area contributed by atoms with Crippen molar-refractivity contribution in [3.8, 4) is 0 Å². The summed E-state index contributed by atoms with van der Waals surface area (Å²) in [4.78, 5) is 12.6. The average Bonchev–Trinajstić information content (AvgIpc) is 2.95. The number of hydrogen-bond acceptors (Lipinski definition) is 6. The fraction of sp³-hybridized carbons (Fsp3) is 0.600. The third kappa shape index (κ3) is 2.96. The molecule has 0 aromatic carbocycles. The largest absolute Gasteiger partial charge is 0.393 e. The van der Waals surface area contributed by atoms with Gasteiger partial charge in [0, 0.05) is 19.6 Å². The molecule has 0 bridgehead atoms. The number of aromatic nitrogens is 2. The Balaban J connectivity index is 1.94. The number of nitrogens with zero attached hydrogens (tertiary/aromatic N) is 3.